The zero-order valence-electron chi connectivity index (χ0n) is 38.7. The Morgan fingerprint density at radius 1 is 0.906 bits per heavy atom. The van der Waals surface area contributed by atoms with Gasteiger partial charge in [-0.05, 0) is 97.9 Å². The fraction of sp³-hybridized carbons (Fsp3) is 0.673. The zero-order valence-corrected chi connectivity index (χ0v) is 38.7. The van der Waals surface area contributed by atoms with Gasteiger partial charge in [0, 0.05) is 37.9 Å². The minimum atomic E-state index is -1.34. The highest BCUT2D eigenvalue weighted by molar-refractivity contribution is 5.95. The van der Waals surface area contributed by atoms with E-state index in [4.69, 9.17) is 23.8 Å². The molecule has 2 bridgehead atoms. The second kappa shape index (κ2) is 18.2. The largest absolute Gasteiger partial charge is 0.458 e. The predicted octanol–water partition coefficient (Wildman–Crippen LogP) is 7.94. The molecule has 1 unspecified atom stereocenters. The number of aliphatic hydroxyl groups is 1. The van der Waals surface area contributed by atoms with Gasteiger partial charge in [0.15, 0.2) is 11.8 Å². The molecule has 0 radical (unpaired) electrons. The number of fused-ring (bicyclic) bond motifs is 6. The van der Waals surface area contributed by atoms with Gasteiger partial charge in [-0.15, -0.1) is 0 Å². The molecular formula is C52H71N3O9. The van der Waals surface area contributed by atoms with E-state index in [-0.39, 0.29) is 55.5 Å². The lowest BCUT2D eigenvalue weighted by atomic mass is 9.52. The summed E-state index contributed by atoms with van der Waals surface area (Å²) in [4.78, 5) is 49.6. The fourth-order valence-corrected chi connectivity index (χ4v) is 12.5. The molecule has 4 saturated heterocycles. The van der Waals surface area contributed by atoms with Gasteiger partial charge in [-0.1, -0.05) is 101 Å². The number of benzene rings is 2. The number of allylic oxidation sites excluding steroid dienone is 1. The number of nitrogens with zero attached hydrogens (tertiary/aromatic N) is 1. The average Bonchev–Trinajstić information content (AvgIpc) is 3.56. The number of hydrogen-bond acceptors (Lipinski definition) is 10. The molecule has 4 heterocycles. The molecule has 3 saturated carbocycles. The second-order valence-corrected chi connectivity index (χ2v) is 20.9. The third-order valence-electron chi connectivity index (χ3n) is 16.2. The van der Waals surface area contributed by atoms with E-state index in [1.807, 2.05) is 12.1 Å². The minimum Gasteiger partial charge on any atom is -0.458 e. The van der Waals surface area contributed by atoms with Crippen molar-refractivity contribution in [2.24, 2.45) is 22.7 Å². The van der Waals surface area contributed by atoms with Crippen LogP contribution in [-0.2, 0) is 46.5 Å². The van der Waals surface area contributed by atoms with Gasteiger partial charge >= 0.3 is 5.97 Å². The van der Waals surface area contributed by atoms with Crippen molar-refractivity contribution in [1.82, 2.24) is 15.7 Å². The number of ether oxygens (including phenoxy) is 4. The lowest BCUT2D eigenvalue weighted by Gasteiger charge is -2.53. The van der Waals surface area contributed by atoms with E-state index in [0.29, 0.717) is 36.3 Å². The van der Waals surface area contributed by atoms with Crippen LogP contribution < -0.4 is 10.6 Å². The van der Waals surface area contributed by atoms with Crippen LogP contribution in [0.4, 0.5) is 0 Å². The summed E-state index contributed by atoms with van der Waals surface area (Å²) in [6.45, 7) is 11.8. The first-order valence-electron chi connectivity index (χ1n) is 24.6. The molecule has 7 fully saturated rings. The maximum absolute atomic E-state index is 15.2. The van der Waals surface area contributed by atoms with Gasteiger partial charge in [-0.3, -0.25) is 19.2 Å². The summed E-state index contributed by atoms with van der Waals surface area (Å²) in [7, 11) is 0. The number of esters is 1. The Morgan fingerprint density at radius 2 is 1.67 bits per heavy atom. The van der Waals surface area contributed by atoms with Crippen LogP contribution in [0.2, 0.25) is 0 Å². The van der Waals surface area contributed by atoms with Crippen molar-refractivity contribution in [3.63, 3.8) is 0 Å². The highest BCUT2D eigenvalue weighted by Gasteiger charge is 2.76. The quantitative estimate of drug-likeness (QED) is 0.0813. The van der Waals surface area contributed by atoms with E-state index in [1.165, 1.54) is 18.4 Å². The standard InChI is InChI=1S/C52H71N3O9/c1-6-8-12-22-51(23-13-9-7-2)62-42-40-30-52(48(59)54-31-33-15-14-18-36(27-33)46(57)53-25-26-56)44(47(58)60-40)55(64-45(52)43(42)63-51)32-37-17-11-10-16-34(37)28-35-19-20-41-50(5,61-41)24-21-39-38(35)29-49(39,3)4/h10-11,14-18,27-28,38-45,56H,6-9,12-13,19-26,29-32H2,1-5H3,(H,53,57)(H,54,59)/t38-,39-,40-,41?,42+,43+,44-,45-,50-,52-/m1/s1. The molecule has 2 aromatic rings. The number of hydrogen-bond donors (Lipinski definition) is 3. The lowest BCUT2D eigenvalue weighted by molar-refractivity contribution is -0.224. The predicted molar refractivity (Wildman–Crippen MR) is 241 cm³/mol. The van der Waals surface area contributed by atoms with Crippen molar-refractivity contribution in [3.8, 4) is 0 Å². The van der Waals surface area contributed by atoms with Crippen molar-refractivity contribution >= 4 is 23.9 Å². The SMILES string of the molecule is CCCCCC1(CCCCC)O[C@@H]2[C@H](O1)[C@H]1ON(Cc3ccccc3C=C3CCC4O[C@]4(C)CC[C@@H]4[C@@H]3CC4(C)C)[C@@H]3C(=O)O[C@@H]2C[C@]13C(=O)NCc1cccc(C(=O)NCCO)c1. The monoisotopic (exact) mass is 882 g/mol. The van der Waals surface area contributed by atoms with Gasteiger partial charge in [0.05, 0.1) is 24.9 Å². The average molecular weight is 882 g/mol. The maximum atomic E-state index is 15.2. The third-order valence-corrected chi connectivity index (χ3v) is 16.2. The van der Waals surface area contributed by atoms with Crippen LogP contribution in [0, 0.1) is 22.7 Å². The Morgan fingerprint density at radius 3 is 2.42 bits per heavy atom. The van der Waals surface area contributed by atoms with Gasteiger partial charge in [-0.25, -0.2) is 0 Å². The molecule has 348 valence electrons. The summed E-state index contributed by atoms with van der Waals surface area (Å²) in [6.07, 6.45) is 13.2. The number of epoxide rings is 1. The number of unbranched alkanes of at least 4 members (excludes halogenated alkanes) is 4. The molecule has 64 heavy (non-hydrogen) atoms. The van der Waals surface area contributed by atoms with Crippen LogP contribution in [-0.4, -0.2) is 89.1 Å². The number of hydroxylamine groups is 2. The molecule has 7 aliphatic rings. The molecule has 2 amide bonds. The molecule has 12 nitrogen and oxygen atoms in total. The number of carbonyl (C=O) groups is 3. The Bertz CT molecular complexity index is 2080. The first-order chi connectivity index (χ1) is 30.8. The van der Waals surface area contributed by atoms with E-state index in [9.17, 15) is 14.7 Å². The summed E-state index contributed by atoms with van der Waals surface area (Å²) in [6, 6.07) is 14.4. The van der Waals surface area contributed by atoms with Gasteiger partial charge in [0.1, 0.15) is 29.8 Å². The Balaban J connectivity index is 1.04. The molecule has 2 aromatic carbocycles. The van der Waals surface area contributed by atoms with Gasteiger partial charge < -0.3 is 34.7 Å². The second-order valence-electron chi connectivity index (χ2n) is 20.9. The highest BCUT2D eigenvalue weighted by atomic mass is 16.8. The van der Waals surface area contributed by atoms with E-state index in [0.717, 1.165) is 74.5 Å². The van der Waals surface area contributed by atoms with Crippen molar-refractivity contribution in [3.05, 3.63) is 76.4 Å². The molecule has 4 aliphatic heterocycles. The van der Waals surface area contributed by atoms with Gasteiger partial charge in [-0.2, -0.15) is 5.06 Å². The van der Waals surface area contributed by atoms with E-state index < -0.39 is 47.6 Å². The van der Waals surface area contributed by atoms with E-state index in [1.54, 1.807) is 23.3 Å². The van der Waals surface area contributed by atoms with Crippen LogP contribution >= 0.6 is 0 Å². The molecule has 9 rings (SSSR count). The smallest absolute Gasteiger partial charge is 0.327 e. The molecule has 0 spiro atoms. The molecule has 0 aromatic heterocycles. The maximum Gasteiger partial charge on any atom is 0.327 e. The number of carbonyl (C=O) groups excluding carboxylic acids is 3. The topological polar surface area (TPSA) is 148 Å². The van der Waals surface area contributed by atoms with Gasteiger partial charge in [0.2, 0.25) is 5.91 Å². The molecular weight excluding hydrogens is 811 g/mol. The normalized spacial score (nSPS) is 34.8. The lowest BCUT2D eigenvalue weighted by Crippen LogP contribution is -2.69. The number of aliphatic hydroxyl groups excluding tert-OH is 1. The highest BCUT2D eigenvalue weighted by Crippen LogP contribution is 2.61. The first-order valence-corrected chi connectivity index (χ1v) is 24.6. The fourth-order valence-electron chi connectivity index (χ4n) is 12.5. The van der Waals surface area contributed by atoms with Crippen molar-refractivity contribution in [1.29, 1.82) is 0 Å². The van der Waals surface area contributed by atoms with Crippen LogP contribution in [0.1, 0.15) is 152 Å². The third kappa shape index (κ3) is 8.49. The molecule has 10 atom stereocenters. The Labute approximate surface area is 379 Å². The zero-order chi connectivity index (χ0) is 44.9. The van der Waals surface area contributed by atoms with E-state index >= 15 is 4.79 Å². The van der Waals surface area contributed by atoms with Crippen LogP contribution in [0.5, 0.6) is 0 Å². The summed E-state index contributed by atoms with van der Waals surface area (Å²) < 4.78 is 26.8. The minimum absolute atomic E-state index is 0.00223. The molecule has 3 aliphatic carbocycles. The number of amides is 2. The van der Waals surface area contributed by atoms with Gasteiger partial charge in [0.25, 0.3) is 5.91 Å². The molecule has 12 heteroatoms. The van der Waals surface area contributed by atoms with E-state index in [2.05, 4.69) is 69.5 Å². The summed E-state index contributed by atoms with van der Waals surface area (Å²) in [5.74, 6) is -0.858. The molecule has 3 N–H and O–H groups in total. The van der Waals surface area contributed by atoms with Crippen LogP contribution in [0.15, 0.2) is 54.1 Å². The van der Waals surface area contributed by atoms with Crippen LogP contribution in [0.3, 0.4) is 0 Å². The summed E-state index contributed by atoms with van der Waals surface area (Å²) >= 11 is 0. The number of rotatable bonds is 17. The summed E-state index contributed by atoms with van der Waals surface area (Å²) in [5, 5.41) is 16.8. The summed E-state index contributed by atoms with van der Waals surface area (Å²) in [5.41, 5.74) is 3.67. The van der Waals surface area contributed by atoms with Crippen molar-refractivity contribution < 1.29 is 43.3 Å². The van der Waals surface area contributed by atoms with Crippen LogP contribution in [0.25, 0.3) is 6.08 Å². The first kappa shape index (κ1) is 45.5. The number of nitrogens with one attached hydrogen (secondary N) is 2. The van der Waals surface area contributed by atoms with Crippen molar-refractivity contribution in [2.75, 3.05) is 13.2 Å². The van der Waals surface area contributed by atoms with Crippen molar-refractivity contribution in [2.45, 2.75) is 186 Å². The Kier molecular flexibility index (Phi) is 12.9. The Hall–Kier alpha value is -3.65.